The lowest BCUT2D eigenvalue weighted by atomic mass is 9.74. The van der Waals surface area contributed by atoms with Crippen LogP contribution in [0, 0.1) is 0 Å². The zero-order chi connectivity index (χ0) is 35.5. The lowest BCUT2D eigenvalue weighted by Crippen LogP contribution is -2.33. The number of carbonyl (C=O) groups excluding carboxylic acids is 3. The maximum Gasteiger partial charge on any atom is 0.363 e. The molecule has 1 aliphatic heterocycles. The number of hydrogen-bond donors (Lipinski definition) is 1. The first-order valence-corrected chi connectivity index (χ1v) is 17.0. The molecule has 8 nitrogen and oxygen atoms in total. The molecule has 8 heteroatoms. The summed E-state index contributed by atoms with van der Waals surface area (Å²) in [5.41, 5.74) is -0.494. The summed E-state index contributed by atoms with van der Waals surface area (Å²) in [4.78, 5) is 43.3. The van der Waals surface area contributed by atoms with E-state index in [4.69, 9.17) is 14.3 Å². The van der Waals surface area contributed by atoms with E-state index in [0.717, 1.165) is 43.1 Å². The van der Waals surface area contributed by atoms with Gasteiger partial charge in [-0.05, 0) is 101 Å². The molecule has 0 aromatic heterocycles. The van der Waals surface area contributed by atoms with Crippen LogP contribution >= 0.6 is 0 Å². The highest BCUT2D eigenvalue weighted by Crippen LogP contribution is 2.52. The largest absolute Gasteiger partial charge is 0.497 e. The van der Waals surface area contributed by atoms with Gasteiger partial charge in [-0.1, -0.05) is 72.8 Å². The number of methoxy groups -OCH3 is 2. The fourth-order valence-corrected chi connectivity index (χ4v) is 8.51. The van der Waals surface area contributed by atoms with Crippen molar-refractivity contribution in [2.24, 2.45) is 0 Å². The third-order valence-corrected chi connectivity index (χ3v) is 10.9. The van der Waals surface area contributed by atoms with E-state index in [0.29, 0.717) is 33.3 Å². The van der Waals surface area contributed by atoms with Crippen molar-refractivity contribution in [2.45, 2.75) is 18.4 Å². The molecule has 1 N–H and O–H groups in total. The Kier molecular flexibility index (Phi) is 6.27. The first kappa shape index (κ1) is 30.3. The van der Waals surface area contributed by atoms with Crippen molar-refractivity contribution in [3.63, 3.8) is 0 Å². The number of imide groups is 1. The number of aliphatic hydroxyl groups is 1. The molecule has 10 rings (SSSR count). The van der Waals surface area contributed by atoms with Crippen LogP contribution in [0.5, 0.6) is 11.5 Å². The van der Waals surface area contributed by atoms with E-state index in [-0.39, 0.29) is 18.4 Å². The van der Waals surface area contributed by atoms with Crippen molar-refractivity contribution in [3.05, 3.63) is 131 Å². The second-order valence-electron chi connectivity index (χ2n) is 13.5. The van der Waals surface area contributed by atoms with E-state index in [1.165, 1.54) is 40.8 Å². The van der Waals surface area contributed by atoms with Gasteiger partial charge in [-0.15, -0.1) is 5.06 Å². The second kappa shape index (κ2) is 10.7. The zero-order valence-electron chi connectivity index (χ0n) is 28.2. The van der Waals surface area contributed by atoms with Gasteiger partial charge >= 0.3 is 5.97 Å². The first-order chi connectivity index (χ1) is 25.3. The number of carbonyl (C=O) groups is 3. The maximum atomic E-state index is 13.6. The van der Waals surface area contributed by atoms with Gasteiger partial charge in [0.1, 0.15) is 17.1 Å². The van der Waals surface area contributed by atoms with Gasteiger partial charge in [0.05, 0.1) is 19.8 Å². The summed E-state index contributed by atoms with van der Waals surface area (Å²) < 4.78 is 11.4. The highest BCUT2D eigenvalue weighted by molar-refractivity contribution is 6.44. The lowest BCUT2D eigenvalue weighted by Gasteiger charge is -2.34. The Morgan fingerprint density at radius 2 is 1.17 bits per heavy atom. The van der Waals surface area contributed by atoms with Crippen molar-refractivity contribution >= 4 is 82.4 Å². The molecule has 2 amide bonds. The molecule has 9 aromatic carbocycles. The van der Waals surface area contributed by atoms with Crippen LogP contribution in [0.15, 0.2) is 109 Å². The van der Waals surface area contributed by atoms with Crippen LogP contribution in [0.2, 0.25) is 0 Å². The Balaban J connectivity index is 1.30. The van der Waals surface area contributed by atoms with E-state index >= 15 is 0 Å². The van der Waals surface area contributed by atoms with Crippen LogP contribution in [0.4, 0.5) is 0 Å². The van der Waals surface area contributed by atoms with Crippen LogP contribution in [-0.2, 0) is 20.0 Å². The van der Waals surface area contributed by atoms with E-state index in [2.05, 4.69) is 60.7 Å². The minimum absolute atomic E-state index is 0.0233. The van der Waals surface area contributed by atoms with Crippen molar-refractivity contribution in [3.8, 4) is 11.5 Å². The number of rotatable bonds is 7. The highest BCUT2D eigenvalue weighted by Gasteiger charge is 2.40. The molecule has 0 spiro atoms. The van der Waals surface area contributed by atoms with Crippen molar-refractivity contribution in [2.75, 3.05) is 14.2 Å². The molecule has 1 atom stereocenters. The van der Waals surface area contributed by atoms with E-state index in [1.54, 1.807) is 37.4 Å². The Morgan fingerprint density at radius 3 is 1.77 bits per heavy atom. The number of hydrogen-bond acceptors (Lipinski definition) is 7. The SMILES string of the molecule is COc1ccc(C(O)(c2cccc(C(=O)ON3C(=O)CCC3=O)c2)c2cc3ccc4ccc5ccc6ccc7ccc2c2c7c6c5c4c32)c(OC)c1. The number of benzene rings is 9. The van der Waals surface area contributed by atoms with Gasteiger partial charge < -0.3 is 19.4 Å². The number of amides is 2. The van der Waals surface area contributed by atoms with Gasteiger partial charge in [-0.2, -0.15) is 0 Å². The Bertz CT molecular complexity index is 2880. The summed E-state index contributed by atoms with van der Waals surface area (Å²) in [6.45, 7) is 0. The smallest absolute Gasteiger partial charge is 0.363 e. The lowest BCUT2D eigenvalue weighted by molar-refractivity contribution is -0.172. The maximum absolute atomic E-state index is 13.6. The summed E-state index contributed by atoms with van der Waals surface area (Å²) in [5, 5.41) is 27.4. The van der Waals surface area contributed by atoms with Gasteiger partial charge in [-0.25, -0.2) is 4.79 Å². The molecule has 0 bridgehead atoms. The molecule has 1 fully saturated rings. The molecule has 52 heavy (non-hydrogen) atoms. The first-order valence-electron chi connectivity index (χ1n) is 17.0. The van der Waals surface area contributed by atoms with Gasteiger partial charge in [0, 0.05) is 30.0 Å². The molecule has 1 heterocycles. The number of hydroxylamine groups is 2. The highest BCUT2D eigenvalue weighted by atomic mass is 16.7. The fourth-order valence-electron chi connectivity index (χ4n) is 8.51. The monoisotopic (exact) mass is 683 g/mol. The van der Waals surface area contributed by atoms with Crippen molar-refractivity contribution in [1.29, 1.82) is 0 Å². The molecular formula is C44H29NO7. The van der Waals surface area contributed by atoms with Gasteiger partial charge in [0.25, 0.3) is 11.8 Å². The van der Waals surface area contributed by atoms with Crippen molar-refractivity contribution < 1.29 is 33.8 Å². The Morgan fingerprint density at radius 1 is 0.615 bits per heavy atom. The minimum atomic E-state index is -1.90. The third-order valence-electron chi connectivity index (χ3n) is 10.9. The molecule has 9 aromatic rings. The van der Waals surface area contributed by atoms with Crippen LogP contribution in [0.3, 0.4) is 0 Å². The van der Waals surface area contributed by atoms with Crippen LogP contribution in [0.1, 0.15) is 39.9 Å². The van der Waals surface area contributed by atoms with Crippen LogP contribution < -0.4 is 9.47 Å². The summed E-state index contributed by atoms with van der Waals surface area (Å²) in [6.07, 6.45) is -0.0467. The molecule has 252 valence electrons. The quantitative estimate of drug-likeness (QED) is 0.0779. The predicted molar refractivity (Wildman–Crippen MR) is 200 cm³/mol. The van der Waals surface area contributed by atoms with Crippen LogP contribution in [-0.4, -0.2) is 42.2 Å². The molecule has 0 saturated carbocycles. The van der Waals surface area contributed by atoms with Crippen molar-refractivity contribution in [1.82, 2.24) is 5.06 Å². The summed E-state index contributed by atoms with van der Waals surface area (Å²) in [5.74, 6) is -1.14. The van der Waals surface area contributed by atoms with E-state index in [1.807, 2.05) is 6.07 Å². The molecule has 0 aliphatic carbocycles. The van der Waals surface area contributed by atoms with Gasteiger partial charge in [0.15, 0.2) is 0 Å². The average Bonchev–Trinajstić information content (AvgIpc) is 3.51. The minimum Gasteiger partial charge on any atom is -0.497 e. The molecule has 1 saturated heterocycles. The predicted octanol–water partition coefficient (Wildman–Crippen LogP) is 8.44. The van der Waals surface area contributed by atoms with E-state index < -0.39 is 23.4 Å². The molecule has 1 aliphatic rings. The number of nitrogens with zero attached hydrogens (tertiary/aromatic N) is 1. The Labute approximate surface area is 296 Å². The van der Waals surface area contributed by atoms with Gasteiger partial charge in [-0.3, -0.25) is 9.59 Å². The topological polar surface area (TPSA) is 102 Å². The average molecular weight is 684 g/mol. The fraction of sp³-hybridized carbons (Fsp3) is 0.114. The summed E-state index contributed by atoms with van der Waals surface area (Å²) in [6, 6.07) is 35.2. The molecule has 0 radical (unpaired) electrons. The van der Waals surface area contributed by atoms with E-state index in [9.17, 15) is 19.5 Å². The molecular weight excluding hydrogens is 654 g/mol. The molecule has 1 unspecified atom stereocenters. The van der Waals surface area contributed by atoms with Gasteiger partial charge in [0.2, 0.25) is 0 Å². The number of ether oxygens (including phenoxy) is 2. The summed E-state index contributed by atoms with van der Waals surface area (Å²) in [7, 11) is 3.10. The Hall–Kier alpha value is -6.51. The third kappa shape index (κ3) is 3.98. The normalized spacial score (nSPS) is 14.9. The second-order valence-corrected chi connectivity index (χ2v) is 13.5. The standard InChI is InChI=1S/C44H29NO7/c1-50-30-15-17-32(34(22-30)51-2)44(49,29-5-3-4-28(20-29)43(48)52-45-35(46)18-19-36(45)47)33-21-27-13-12-25-9-7-23-6-8-24-10-11-26-14-16-31(33)42-40(26)38(24)37(23)39(25)41(27)42/h3-17,20-22,49H,18-19H2,1-2H3. The zero-order valence-corrected chi connectivity index (χ0v) is 28.2. The van der Waals surface area contributed by atoms with Crippen LogP contribution in [0.25, 0.3) is 64.6 Å². The summed E-state index contributed by atoms with van der Waals surface area (Å²) >= 11 is 0.